The summed E-state index contributed by atoms with van der Waals surface area (Å²) in [5.41, 5.74) is 3.36. The molecule has 7 nitrogen and oxygen atoms in total. The van der Waals surface area contributed by atoms with Gasteiger partial charge in [0.25, 0.3) is 0 Å². The maximum absolute atomic E-state index is 10.6. The number of hydrogen-bond donors (Lipinski definition) is 0. The maximum atomic E-state index is 10.6. The van der Waals surface area contributed by atoms with E-state index in [9.17, 15) is 4.91 Å². The molecule has 2 aromatic heterocycles. The highest BCUT2D eigenvalue weighted by atomic mass is 32.1. The van der Waals surface area contributed by atoms with Gasteiger partial charge in [-0.25, -0.2) is 4.98 Å². The molecule has 1 aliphatic rings. The molecule has 0 saturated carbocycles. The molecule has 1 saturated heterocycles. The second kappa shape index (κ2) is 7.90. The number of ether oxygens (including phenoxy) is 2. The Morgan fingerprint density at radius 3 is 2.76 bits per heavy atom. The first-order valence-electron chi connectivity index (χ1n) is 9.58. The Labute approximate surface area is 171 Å². The quantitative estimate of drug-likeness (QED) is 0.444. The van der Waals surface area contributed by atoms with Crippen molar-refractivity contribution in [3.63, 3.8) is 0 Å². The van der Waals surface area contributed by atoms with Gasteiger partial charge in [-0.3, -0.25) is 9.30 Å². The predicted octanol–water partition coefficient (Wildman–Crippen LogP) is 4.32. The molecule has 3 heterocycles. The smallest absolute Gasteiger partial charge is 0.195 e. The zero-order valence-corrected chi connectivity index (χ0v) is 16.6. The van der Waals surface area contributed by atoms with E-state index in [1.54, 1.807) is 23.5 Å². The van der Waals surface area contributed by atoms with E-state index in [4.69, 9.17) is 14.5 Å². The first-order valence-corrected chi connectivity index (χ1v) is 10.4. The minimum absolute atomic E-state index is 0.418. The van der Waals surface area contributed by atoms with E-state index < -0.39 is 0 Å². The van der Waals surface area contributed by atoms with Crippen LogP contribution in [0.25, 0.3) is 26.4 Å². The lowest BCUT2D eigenvalue weighted by Gasteiger charge is -2.26. The Hall–Kier alpha value is -2.81. The van der Waals surface area contributed by atoms with Crippen LogP contribution in [0.3, 0.4) is 0 Å². The van der Waals surface area contributed by atoms with Crippen molar-refractivity contribution in [2.45, 2.75) is 0 Å². The van der Waals surface area contributed by atoms with Crippen molar-refractivity contribution in [2.75, 3.05) is 39.5 Å². The molecule has 148 valence electrons. The van der Waals surface area contributed by atoms with Crippen LogP contribution in [0.1, 0.15) is 0 Å². The van der Waals surface area contributed by atoms with Gasteiger partial charge in [0, 0.05) is 31.4 Å². The summed E-state index contributed by atoms with van der Waals surface area (Å²) >= 11 is 1.64. The van der Waals surface area contributed by atoms with E-state index in [1.165, 1.54) is 0 Å². The average Bonchev–Trinajstić information content (AvgIpc) is 3.32. The van der Waals surface area contributed by atoms with Crippen LogP contribution in [0.15, 0.2) is 53.8 Å². The highest BCUT2D eigenvalue weighted by molar-refractivity contribution is 7.23. The third-order valence-corrected chi connectivity index (χ3v) is 6.13. The van der Waals surface area contributed by atoms with Crippen LogP contribution in [0.4, 0.5) is 5.69 Å². The van der Waals surface area contributed by atoms with Gasteiger partial charge in [-0.1, -0.05) is 23.5 Å². The lowest BCUT2D eigenvalue weighted by Crippen LogP contribution is -2.38. The van der Waals surface area contributed by atoms with Gasteiger partial charge >= 0.3 is 0 Å². The van der Waals surface area contributed by atoms with E-state index in [-0.39, 0.29) is 0 Å². The Balaban J connectivity index is 1.33. The summed E-state index contributed by atoms with van der Waals surface area (Å²) in [6.07, 6.45) is 2.02. The first kappa shape index (κ1) is 18.2. The number of nitroso groups, excluding NO2 is 1. The molecule has 4 aromatic rings. The van der Waals surface area contributed by atoms with Crippen molar-refractivity contribution < 1.29 is 9.47 Å². The molecule has 0 unspecified atom stereocenters. The fraction of sp³-hybridized carbons (Fsp3) is 0.286. The Morgan fingerprint density at radius 1 is 1.14 bits per heavy atom. The SMILES string of the molecule is O=Nc1ccc(-c2cn3c(n2)sc2cc(OCCN4CCOCC4)ccc23)cc1. The largest absolute Gasteiger partial charge is 0.492 e. The van der Waals surface area contributed by atoms with Crippen molar-refractivity contribution in [1.82, 2.24) is 14.3 Å². The fourth-order valence-electron chi connectivity index (χ4n) is 3.52. The van der Waals surface area contributed by atoms with E-state index in [2.05, 4.69) is 26.6 Å². The van der Waals surface area contributed by atoms with Crippen molar-refractivity contribution in [3.05, 3.63) is 53.6 Å². The highest BCUT2D eigenvalue weighted by Crippen LogP contribution is 2.32. The first-order chi connectivity index (χ1) is 14.3. The van der Waals surface area contributed by atoms with Crippen LogP contribution in [-0.4, -0.2) is 53.7 Å². The second-order valence-electron chi connectivity index (χ2n) is 6.95. The maximum Gasteiger partial charge on any atom is 0.195 e. The van der Waals surface area contributed by atoms with Gasteiger partial charge in [0.2, 0.25) is 0 Å². The van der Waals surface area contributed by atoms with Crippen molar-refractivity contribution in [1.29, 1.82) is 0 Å². The molecule has 0 aliphatic carbocycles. The number of morpholine rings is 1. The molecule has 0 radical (unpaired) electrons. The Bertz CT molecular complexity index is 1150. The summed E-state index contributed by atoms with van der Waals surface area (Å²) in [5.74, 6) is 0.882. The van der Waals surface area contributed by atoms with Crippen LogP contribution in [-0.2, 0) is 4.74 Å². The molecular weight excluding hydrogens is 388 g/mol. The van der Waals surface area contributed by atoms with Gasteiger partial charge in [-0.15, -0.1) is 4.91 Å². The minimum Gasteiger partial charge on any atom is -0.492 e. The Morgan fingerprint density at radius 2 is 1.97 bits per heavy atom. The second-order valence-corrected chi connectivity index (χ2v) is 7.96. The van der Waals surface area contributed by atoms with Crippen molar-refractivity contribution in [2.24, 2.45) is 5.18 Å². The molecule has 0 amide bonds. The molecule has 2 aromatic carbocycles. The van der Waals surface area contributed by atoms with Crippen molar-refractivity contribution in [3.8, 4) is 17.0 Å². The topological polar surface area (TPSA) is 68.4 Å². The number of hydrogen-bond acceptors (Lipinski definition) is 7. The number of nitrogens with zero attached hydrogens (tertiary/aromatic N) is 4. The monoisotopic (exact) mass is 408 g/mol. The summed E-state index contributed by atoms with van der Waals surface area (Å²) in [6, 6.07) is 13.3. The number of benzene rings is 2. The number of aromatic nitrogens is 2. The molecule has 29 heavy (non-hydrogen) atoms. The predicted molar refractivity (Wildman–Crippen MR) is 114 cm³/mol. The summed E-state index contributed by atoms with van der Waals surface area (Å²) in [6.45, 7) is 5.14. The molecule has 8 heteroatoms. The van der Waals surface area contributed by atoms with Gasteiger partial charge in [0.15, 0.2) is 4.96 Å². The third kappa shape index (κ3) is 3.74. The molecule has 1 aliphatic heterocycles. The van der Waals surface area contributed by atoms with Crippen LogP contribution in [0.2, 0.25) is 0 Å². The van der Waals surface area contributed by atoms with Gasteiger partial charge < -0.3 is 9.47 Å². The third-order valence-electron chi connectivity index (χ3n) is 5.11. The number of rotatable bonds is 6. The molecule has 0 N–H and O–H groups in total. The normalized spacial score (nSPS) is 15.2. The van der Waals surface area contributed by atoms with Crippen LogP contribution < -0.4 is 4.74 Å². The molecular formula is C21H20N4O3S. The molecule has 1 fully saturated rings. The lowest BCUT2D eigenvalue weighted by atomic mass is 10.1. The Kier molecular flexibility index (Phi) is 4.97. The average molecular weight is 408 g/mol. The zero-order valence-electron chi connectivity index (χ0n) is 15.8. The highest BCUT2D eigenvalue weighted by Gasteiger charge is 2.12. The summed E-state index contributed by atoms with van der Waals surface area (Å²) in [5, 5.41) is 2.94. The fourth-order valence-corrected chi connectivity index (χ4v) is 4.56. The van der Waals surface area contributed by atoms with Crippen LogP contribution in [0.5, 0.6) is 5.75 Å². The molecule has 0 atom stereocenters. The number of fused-ring (bicyclic) bond motifs is 3. The van der Waals surface area contributed by atoms with Gasteiger partial charge in [-0.2, -0.15) is 0 Å². The molecule has 5 rings (SSSR count). The standard InChI is InChI=1S/C21H20N4O3S/c26-23-16-3-1-15(2-4-16)18-14-25-19-6-5-17(13-20(19)29-21(25)22-18)28-12-9-24-7-10-27-11-8-24/h1-6,13-14H,7-12H2. The van der Waals surface area contributed by atoms with E-state index in [0.717, 1.165) is 65.0 Å². The number of imidazole rings is 1. The van der Waals surface area contributed by atoms with Gasteiger partial charge in [0.05, 0.1) is 29.1 Å². The van der Waals surface area contributed by atoms with E-state index in [0.29, 0.717) is 12.3 Å². The lowest BCUT2D eigenvalue weighted by molar-refractivity contribution is 0.0322. The molecule has 0 spiro atoms. The summed E-state index contributed by atoms with van der Waals surface area (Å²) in [7, 11) is 0. The molecule has 0 bridgehead atoms. The van der Waals surface area contributed by atoms with Gasteiger partial charge in [-0.05, 0) is 35.5 Å². The van der Waals surface area contributed by atoms with E-state index >= 15 is 0 Å². The van der Waals surface area contributed by atoms with Crippen molar-refractivity contribution >= 4 is 32.2 Å². The zero-order chi connectivity index (χ0) is 19.6. The van der Waals surface area contributed by atoms with E-state index in [1.807, 2.05) is 24.4 Å². The summed E-state index contributed by atoms with van der Waals surface area (Å²) < 4.78 is 14.6. The summed E-state index contributed by atoms with van der Waals surface area (Å²) in [4.78, 5) is 18.6. The minimum atomic E-state index is 0.418. The number of thiazole rings is 1. The van der Waals surface area contributed by atoms with Crippen LogP contribution >= 0.6 is 11.3 Å². The van der Waals surface area contributed by atoms with Gasteiger partial charge in [0.1, 0.15) is 18.0 Å². The van der Waals surface area contributed by atoms with Crippen LogP contribution in [0, 0.1) is 4.91 Å².